The van der Waals surface area contributed by atoms with Crippen molar-refractivity contribution < 1.29 is 9.90 Å². The van der Waals surface area contributed by atoms with Gasteiger partial charge < -0.3 is 10.4 Å². The molecule has 1 heterocycles. The number of rotatable bonds is 5. The number of hydrogen-bond donors (Lipinski definition) is 4. The molecule has 4 N–H and O–H groups in total. The topological polar surface area (TPSA) is 128 Å². The van der Waals surface area contributed by atoms with E-state index in [1.54, 1.807) is 30.3 Å². The van der Waals surface area contributed by atoms with Gasteiger partial charge >= 0.3 is 11.7 Å². The van der Waals surface area contributed by atoms with E-state index in [-0.39, 0.29) is 12.4 Å². The Morgan fingerprint density at radius 1 is 1.30 bits per heavy atom. The van der Waals surface area contributed by atoms with Crippen molar-refractivity contribution in [1.29, 1.82) is 0 Å². The summed E-state index contributed by atoms with van der Waals surface area (Å²) in [4.78, 5) is 35.5. The number of carboxylic acids is 1. The van der Waals surface area contributed by atoms with Crippen molar-refractivity contribution in [2.24, 2.45) is 0 Å². The standard InChI is InChI=1S/C12H12N4O4/c17-10-9(15-16-12(20)14-10)13-6-8(11(18)19)7-4-2-1-3-5-7/h1-5,8H,6H2,(H,13,15)(H,18,19)(H2,14,16,17,20). The largest absolute Gasteiger partial charge is 0.481 e. The SMILES string of the molecule is O=C(O)C(CNc1n[nH]c(=O)[nH]c1=O)c1ccccc1. The van der Waals surface area contributed by atoms with Gasteiger partial charge in [-0.05, 0) is 5.56 Å². The molecule has 0 aliphatic rings. The maximum Gasteiger partial charge on any atom is 0.342 e. The fraction of sp³-hybridized carbons (Fsp3) is 0.167. The van der Waals surface area contributed by atoms with Crippen molar-refractivity contribution in [1.82, 2.24) is 15.2 Å². The summed E-state index contributed by atoms with van der Waals surface area (Å²) >= 11 is 0. The number of nitrogens with zero attached hydrogens (tertiary/aromatic N) is 1. The van der Waals surface area contributed by atoms with E-state index >= 15 is 0 Å². The van der Waals surface area contributed by atoms with Gasteiger partial charge in [-0.15, -0.1) is 5.10 Å². The molecule has 1 atom stereocenters. The number of carbonyl (C=O) groups is 1. The van der Waals surface area contributed by atoms with Gasteiger partial charge in [0, 0.05) is 6.54 Å². The lowest BCUT2D eigenvalue weighted by atomic mass is 9.99. The number of H-pyrrole nitrogens is 2. The monoisotopic (exact) mass is 276 g/mol. The number of nitrogens with one attached hydrogen (secondary N) is 3. The molecule has 0 saturated heterocycles. The molecule has 0 fully saturated rings. The second-order valence-corrected chi connectivity index (χ2v) is 4.04. The smallest absolute Gasteiger partial charge is 0.342 e. The summed E-state index contributed by atoms with van der Waals surface area (Å²) < 4.78 is 0. The molecule has 0 aliphatic heterocycles. The highest BCUT2D eigenvalue weighted by Gasteiger charge is 2.20. The molecule has 0 spiro atoms. The molecule has 0 aliphatic carbocycles. The highest BCUT2D eigenvalue weighted by Crippen LogP contribution is 2.15. The van der Waals surface area contributed by atoms with Crippen LogP contribution in [0.15, 0.2) is 39.9 Å². The Kier molecular flexibility index (Phi) is 3.94. The van der Waals surface area contributed by atoms with E-state index in [0.717, 1.165) is 0 Å². The molecule has 0 amide bonds. The average molecular weight is 276 g/mol. The van der Waals surface area contributed by atoms with Gasteiger partial charge in [-0.3, -0.25) is 14.6 Å². The van der Waals surface area contributed by atoms with Crippen LogP contribution in [-0.4, -0.2) is 32.8 Å². The number of hydrogen-bond acceptors (Lipinski definition) is 5. The minimum absolute atomic E-state index is 0.0263. The Bertz CT molecular complexity index is 707. The zero-order valence-corrected chi connectivity index (χ0v) is 10.3. The summed E-state index contributed by atoms with van der Waals surface area (Å²) in [5.41, 5.74) is -0.822. The zero-order valence-electron chi connectivity index (χ0n) is 10.3. The number of aromatic amines is 2. The van der Waals surface area contributed by atoms with Crippen LogP contribution in [0.3, 0.4) is 0 Å². The molecule has 8 heteroatoms. The minimum atomic E-state index is -1.02. The van der Waals surface area contributed by atoms with Gasteiger partial charge in [-0.25, -0.2) is 9.89 Å². The first-order valence-corrected chi connectivity index (χ1v) is 5.78. The van der Waals surface area contributed by atoms with Crippen LogP contribution in [-0.2, 0) is 4.79 Å². The first kappa shape index (κ1) is 13.5. The van der Waals surface area contributed by atoms with Crippen LogP contribution in [0, 0.1) is 0 Å². The second kappa shape index (κ2) is 5.83. The Labute approximate surface area is 112 Å². The summed E-state index contributed by atoms with van der Waals surface area (Å²) in [6.45, 7) is -0.0263. The molecule has 0 bridgehead atoms. The quantitative estimate of drug-likeness (QED) is 0.595. The third-order valence-corrected chi connectivity index (χ3v) is 2.69. The van der Waals surface area contributed by atoms with Crippen molar-refractivity contribution in [2.45, 2.75) is 5.92 Å². The van der Waals surface area contributed by atoms with E-state index in [9.17, 15) is 19.5 Å². The normalized spacial score (nSPS) is 11.8. The highest BCUT2D eigenvalue weighted by atomic mass is 16.4. The van der Waals surface area contributed by atoms with Crippen molar-refractivity contribution >= 4 is 11.8 Å². The van der Waals surface area contributed by atoms with E-state index < -0.39 is 23.1 Å². The maximum absolute atomic E-state index is 11.4. The molecule has 0 radical (unpaired) electrons. The Morgan fingerprint density at radius 2 is 2.00 bits per heavy atom. The van der Waals surface area contributed by atoms with E-state index in [2.05, 4.69) is 15.5 Å². The van der Waals surface area contributed by atoms with Crippen molar-refractivity contribution in [2.75, 3.05) is 11.9 Å². The average Bonchev–Trinajstić information content (AvgIpc) is 2.42. The highest BCUT2D eigenvalue weighted by molar-refractivity contribution is 5.76. The van der Waals surface area contributed by atoms with Crippen LogP contribution < -0.4 is 16.6 Å². The molecular formula is C12H12N4O4. The summed E-state index contributed by atoms with van der Waals surface area (Å²) in [6, 6.07) is 8.62. The lowest BCUT2D eigenvalue weighted by Crippen LogP contribution is -2.29. The Morgan fingerprint density at radius 3 is 2.60 bits per heavy atom. The first-order valence-electron chi connectivity index (χ1n) is 5.78. The Hall–Kier alpha value is -2.90. The fourth-order valence-electron chi connectivity index (χ4n) is 1.70. The molecule has 1 unspecified atom stereocenters. The number of carboxylic acid groups (broad SMARTS) is 1. The van der Waals surface area contributed by atoms with Crippen molar-refractivity contribution in [3.8, 4) is 0 Å². The van der Waals surface area contributed by atoms with Crippen molar-refractivity contribution in [3.63, 3.8) is 0 Å². The van der Waals surface area contributed by atoms with Gasteiger partial charge in [-0.2, -0.15) is 0 Å². The molecule has 1 aromatic heterocycles. The Balaban J connectivity index is 2.16. The van der Waals surface area contributed by atoms with E-state index in [0.29, 0.717) is 5.56 Å². The molecule has 104 valence electrons. The second-order valence-electron chi connectivity index (χ2n) is 4.04. The number of anilines is 1. The van der Waals surface area contributed by atoms with Gasteiger partial charge in [0.2, 0.25) is 5.82 Å². The van der Waals surface area contributed by atoms with Gasteiger partial charge in [0.15, 0.2) is 0 Å². The van der Waals surface area contributed by atoms with Crippen LogP contribution >= 0.6 is 0 Å². The van der Waals surface area contributed by atoms with E-state index in [4.69, 9.17) is 0 Å². The van der Waals surface area contributed by atoms with Gasteiger partial charge in [0.05, 0.1) is 5.92 Å². The lowest BCUT2D eigenvalue weighted by molar-refractivity contribution is -0.138. The molecular weight excluding hydrogens is 264 g/mol. The van der Waals surface area contributed by atoms with Gasteiger partial charge in [0.25, 0.3) is 5.56 Å². The van der Waals surface area contributed by atoms with Gasteiger partial charge in [-0.1, -0.05) is 30.3 Å². The molecule has 1 aromatic carbocycles. The van der Waals surface area contributed by atoms with Crippen LogP contribution in [0.4, 0.5) is 5.82 Å². The van der Waals surface area contributed by atoms with E-state index in [1.807, 2.05) is 4.98 Å². The third kappa shape index (κ3) is 3.10. The molecule has 2 rings (SSSR count). The number of aromatic nitrogens is 3. The fourth-order valence-corrected chi connectivity index (χ4v) is 1.70. The third-order valence-electron chi connectivity index (χ3n) is 2.69. The number of aliphatic carboxylic acids is 1. The predicted octanol–water partition coefficient (Wildman–Crippen LogP) is -0.261. The zero-order chi connectivity index (χ0) is 14.5. The summed E-state index contributed by atoms with van der Waals surface area (Å²) in [5.74, 6) is -1.99. The lowest BCUT2D eigenvalue weighted by Gasteiger charge is -2.13. The van der Waals surface area contributed by atoms with Crippen molar-refractivity contribution in [3.05, 3.63) is 56.7 Å². The number of benzene rings is 1. The van der Waals surface area contributed by atoms with Gasteiger partial charge in [0.1, 0.15) is 0 Å². The summed E-state index contributed by atoms with van der Waals surface area (Å²) in [5, 5.41) is 17.4. The van der Waals surface area contributed by atoms with Crippen LogP contribution in [0.2, 0.25) is 0 Å². The first-order chi connectivity index (χ1) is 9.58. The predicted molar refractivity (Wildman–Crippen MR) is 70.8 cm³/mol. The molecule has 8 nitrogen and oxygen atoms in total. The van der Waals surface area contributed by atoms with Crippen LogP contribution in [0.5, 0.6) is 0 Å². The summed E-state index contributed by atoms with van der Waals surface area (Å²) in [7, 11) is 0. The molecule has 20 heavy (non-hydrogen) atoms. The maximum atomic E-state index is 11.4. The molecule has 2 aromatic rings. The van der Waals surface area contributed by atoms with Crippen LogP contribution in [0.25, 0.3) is 0 Å². The summed E-state index contributed by atoms with van der Waals surface area (Å²) in [6.07, 6.45) is 0. The van der Waals surface area contributed by atoms with E-state index in [1.165, 1.54) is 0 Å². The van der Waals surface area contributed by atoms with Crippen LogP contribution in [0.1, 0.15) is 11.5 Å². The minimum Gasteiger partial charge on any atom is -0.481 e. The molecule has 0 saturated carbocycles.